The standard InChI is InChI=1S/C22H20F3N5/c1-13-5-18-16(11-30-21(18)27-8-13)7-15-6-14(2)20(28-9-15)29-12-17-10-26-4-3-19(17)22(23,24)25/h3-6,8-11H,7,12H2,1-2H3,(H,27,30)(H,28,29). The van der Waals surface area contributed by atoms with Crippen LogP contribution in [0.4, 0.5) is 19.0 Å². The first-order valence-electron chi connectivity index (χ1n) is 9.43. The Morgan fingerprint density at radius 1 is 1.03 bits per heavy atom. The number of H-pyrrole nitrogens is 1. The molecule has 0 fully saturated rings. The van der Waals surface area contributed by atoms with E-state index in [2.05, 4.69) is 31.3 Å². The lowest BCUT2D eigenvalue weighted by molar-refractivity contribution is -0.138. The van der Waals surface area contributed by atoms with E-state index in [4.69, 9.17) is 0 Å². The summed E-state index contributed by atoms with van der Waals surface area (Å²) in [6, 6.07) is 5.07. The van der Waals surface area contributed by atoms with Gasteiger partial charge in [0.1, 0.15) is 11.5 Å². The van der Waals surface area contributed by atoms with Crippen LogP contribution < -0.4 is 5.32 Å². The predicted octanol–water partition coefficient (Wildman–Crippen LogP) is 5.19. The van der Waals surface area contributed by atoms with Crippen LogP contribution in [0.15, 0.2) is 49.2 Å². The zero-order valence-electron chi connectivity index (χ0n) is 16.5. The molecule has 0 aromatic carbocycles. The number of fused-ring (bicyclic) bond motifs is 1. The maximum absolute atomic E-state index is 13.1. The van der Waals surface area contributed by atoms with E-state index in [0.717, 1.165) is 45.6 Å². The number of alkyl halides is 3. The van der Waals surface area contributed by atoms with Gasteiger partial charge in [-0.2, -0.15) is 13.2 Å². The van der Waals surface area contributed by atoms with Crippen LogP contribution in [0.25, 0.3) is 11.0 Å². The van der Waals surface area contributed by atoms with Crippen molar-refractivity contribution in [2.24, 2.45) is 0 Å². The summed E-state index contributed by atoms with van der Waals surface area (Å²) in [6.07, 6.45) is 4.14. The van der Waals surface area contributed by atoms with Crippen LogP contribution >= 0.6 is 0 Å². The molecule has 5 nitrogen and oxygen atoms in total. The molecular weight excluding hydrogens is 391 g/mol. The third-order valence-corrected chi connectivity index (χ3v) is 4.94. The smallest absolute Gasteiger partial charge is 0.366 e. The molecule has 0 aliphatic heterocycles. The molecule has 4 heterocycles. The first-order valence-corrected chi connectivity index (χ1v) is 9.43. The van der Waals surface area contributed by atoms with Crippen molar-refractivity contribution < 1.29 is 13.2 Å². The summed E-state index contributed by atoms with van der Waals surface area (Å²) in [5, 5.41) is 4.07. The molecule has 0 atom stereocenters. The van der Waals surface area contributed by atoms with Crippen LogP contribution in [0.3, 0.4) is 0 Å². The molecule has 30 heavy (non-hydrogen) atoms. The predicted molar refractivity (Wildman–Crippen MR) is 109 cm³/mol. The highest BCUT2D eigenvalue weighted by atomic mass is 19.4. The van der Waals surface area contributed by atoms with Crippen LogP contribution in [-0.2, 0) is 19.1 Å². The van der Waals surface area contributed by atoms with Gasteiger partial charge in [-0.25, -0.2) is 9.97 Å². The fraction of sp³-hybridized carbons (Fsp3) is 0.227. The van der Waals surface area contributed by atoms with Crippen molar-refractivity contribution in [2.45, 2.75) is 33.0 Å². The van der Waals surface area contributed by atoms with Gasteiger partial charge < -0.3 is 10.3 Å². The molecule has 0 aliphatic carbocycles. The van der Waals surface area contributed by atoms with Crippen molar-refractivity contribution in [3.8, 4) is 0 Å². The summed E-state index contributed by atoms with van der Waals surface area (Å²) in [5.74, 6) is 0.548. The average molecular weight is 411 g/mol. The number of nitrogens with zero attached hydrogens (tertiary/aromatic N) is 3. The summed E-state index contributed by atoms with van der Waals surface area (Å²) in [4.78, 5) is 15.8. The third-order valence-electron chi connectivity index (χ3n) is 4.94. The number of rotatable bonds is 5. The first-order chi connectivity index (χ1) is 14.3. The quantitative estimate of drug-likeness (QED) is 0.474. The Morgan fingerprint density at radius 2 is 1.87 bits per heavy atom. The molecule has 0 spiro atoms. The van der Waals surface area contributed by atoms with Gasteiger partial charge in [-0.3, -0.25) is 4.98 Å². The van der Waals surface area contributed by atoms with Crippen molar-refractivity contribution in [3.63, 3.8) is 0 Å². The fourth-order valence-corrected chi connectivity index (χ4v) is 3.47. The van der Waals surface area contributed by atoms with Gasteiger partial charge in [-0.1, -0.05) is 6.07 Å². The maximum atomic E-state index is 13.1. The Hall–Kier alpha value is -3.42. The summed E-state index contributed by atoms with van der Waals surface area (Å²) < 4.78 is 39.4. The van der Waals surface area contributed by atoms with E-state index >= 15 is 0 Å². The summed E-state index contributed by atoms with van der Waals surface area (Å²) in [6.45, 7) is 3.87. The van der Waals surface area contributed by atoms with Gasteiger partial charge in [0, 0.05) is 54.9 Å². The van der Waals surface area contributed by atoms with Gasteiger partial charge >= 0.3 is 6.18 Å². The van der Waals surface area contributed by atoms with Gasteiger partial charge in [0.25, 0.3) is 0 Å². The first kappa shape index (κ1) is 19.9. The number of nitrogens with one attached hydrogen (secondary N) is 2. The van der Waals surface area contributed by atoms with Crippen LogP contribution in [-0.4, -0.2) is 19.9 Å². The summed E-state index contributed by atoms with van der Waals surface area (Å²) >= 11 is 0. The Labute approximate surface area is 171 Å². The molecule has 4 aromatic rings. The largest absolute Gasteiger partial charge is 0.416 e. The second-order valence-electron chi connectivity index (χ2n) is 7.29. The van der Waals surface area contributed by atoms with Crippen molar-refractivity contribution in [2.75, 3.05) is 5.32 Å². The lowest BCUT2D eigenvalue weighted by atomic mass is 10.0. The maximum Gasteiger partial charge on any atom is 0.416 e. The van der Waals surface area contributed by atoms with Gasteiger partial charge in [0.15, 0.2) is 0 Å². The van der Waals surface area contributed by atoms with Crippen LogP contribution in [0.2, 0.25) is 0 Å². The zero-order valence-corrected chi connectivity index (χ0v) is 16.5. The highest BCUT2D eigenvalue weighted by Crippen LogP contribution is 2.32. The van der Waals surface area contributed by atoms with Crippen molar-refractivity contribution in [3.05, 3.63) is 82.6 Å². The van der Waals surface area contributed by atoms with Crippen molar-refractivity contribution >= 4 is 16.9 Å². The molecule has 2 N–H and O–H groups in total. The lowest BCUT2D eigenvalue weighted by Gasteiger charge is -2.14. The Bertz CT molecular complexity index is 1200. The monoisotopic (exact) mass is 411 g/mol. The van der Waals surface area contributed by atoms with Gasteiger partial charge in [0.2, 0.25) is 0 Å². The van der Waals surface area contributed by atoms with Crippen LogP contribution in [0.5, 0.6) is 0 Å². The minimum Gasteiger partial charge on any atom is -0.366 e. The molecule has 0 saturated heterocycles. The normalized spacial score (nSPS) is 11.8. The number of hydrogen-bond donors (Lipinski definition) is 2. The Morgan fingerprint density at radius 3 is 2.63 bits per heavy atom. The van der Waals surface area contributed by atoms with E-state index in [0.29, 0.717) is 12.2 Å². The van der Waals surface area contributed by atoms with Crippen molar-refractivity contribution in [1.29, 1.82) is 0 Å². The van der Waals surface area contributed by atoms with Gasteiger partial charge in [0.05, 0.1) is 5.56 Å². The number of aryl methyl sites for hydroxylation is 2. The molecule has 0 saturated carbocycles. The summed E-state index contributed by atoms with van der Waals surface area (Å²) in [7, 11) is 0. The third kappa shape index (κ3) is 4.12. The molecule has 0 radical (unpaired) electrons. The number of anilines is 1. The van der Waals surface area contributed by atoms with E-state index in [1.165, 1.54) is 6.20 Å². The zero-order chi connectivity index (χ0) is 21.3. The SMILES string of the molecule is Cc1cnc2[nH]cc(Cc3cnc(NCc4cnccc4C(F)(F)F)c(C)c3)c2c1. The molecule has 154 valence electrons. The molecule has 0 amide bonds. The highest BCUT2D eigenvalue weighted by Gasteiger charge is 2.33. The van der Waals surface area contributed by atoms with E-state index in [9.17, 15) is 13.2 Å². The van der Waals surface area contributed by atoms with E-state index in [1.807, 2.05) is 32.3 Å². The molecule has 0 aliphatic rings. The molecule has 8 heteroatoms. The van der Waals surface area contributed by atoms with Crippen LogP contribution in [0.1, 0.15) is 33.4 Å². The lowest BCUT2D eigenvalue weighted by Crippen LogP contribution is -2.13. The number of pyridine rings is 3. The topological polar surface area (TPSA) is 66.5 Å². The Balaban J connectivity index is 1.51. The average Bonchev–Trinajstić information content (AvgIpc) is 3.09. The second kappa shape index (κ2) is 7.78. The fourth-order valence-electron chi connectivity index (χ4n) is 3.47. The minimum atomic E-state index is -4.42. The molecule has 4 rings (SSSR count). The highest BCUT2D eigenvalue weighted by molar-refractivity contribution is 5.80. The van der Waals surface area contributed by atoms with Crippen LogP contribution in [0, 0.1) is 13.8 Å². The Kier molecular flexibility index (Phi) is 5.15. The number of hydrogen-bond acceptors (Lipinski definition) is 4. The van der Waals surface area contributed by atoms with E-state index in [-0.39, 0.29) is 12.1 Å². The number of aromatic amines is 1. The molecule has 4 aromatic heterocycles. The molecule has 0 bridgehead atoms. The number of halogens is 3. The second-order valence-corrected chi connectivity index (χ2v) is 7.29. The minimum absolute atomic E-state index is 0.0107. The molecular formula is C22H20F3N5. The van der Waals surface area contributed by atoms with Gasteiger partial charge in [-0.05, 0) is 48.2 Å². The van der Waals surface area contributed by atoms with E-state index < -0.39 is 11.7 Å². The van der Waals surface area contributed by atoms with Crippen molar-refractivity contribution in [1.82, 2.24) is 19.9 Å². The summed E-state index contributed by atoms with van der Waals surface area (Å²) in [5.41, 5.74) is 4.31. The molecule has 0 unspecified atom stereocenters. The van der Waals surface area contributed by atoms with Gasteiger partial charge in [-0.15, -0.1) is 0 Å². The van der Waals surface area contributed by atoms with E-state index in [1.54, 1.807) is 6.20 Å². The number of aromatic nitrogens is 4.